The van der Waals surface area contributed by atoms with Gasteiger partial charge in [-0.3, -0.25) is 9.78 Å². The van der Waals surface area contributed by atoms with Gasteiger partial charge in [0, 0.05) is 36.1 Å². The maximum Gasteiger partial charge on any atom is 0.236 e. The Morgan fingerprint density at radius 3 is 2.69 bits per heavy atom. The highest BCUT2D eigenvalue weighted by Gasteiger charge is 2.30. The van der Waals surface area contributed by atoms with E-state index in [1.165, 1.54) is 11.1 Å². The number of amides is 1. The SMILES string of the molecule is Cc1c(-c2[nH]c3ccc(CCC4CN(C(=O)CN(C)C)C4)nc3c2C(C)C)cn2ncnc2c1C. The predicted molar refractivity (Wildman–Crippen MR) is 139 cm³/mol. The highest BCUT2D eigenvalue weighted by molar-refractivity contribution is 5.89. The Balaban J connectivity index is 1.39. The first-order valence-corrected chi connectivity index (χ1v) is 12.5. The number of hydrogen-bond acceptors (Lipinski definition) is 5. The molecule has 8 nitrogen and oxygen atoms in total. The molecule has 1 fully saturated rings. The predicted octanol–water partition coefficient (Wildman–Crippen LogP) is 3.97. The van der Waals surface area contributed by atoms with Crippen LogP contribution in [0.5, 0.6) is 0 Å². The van der Waals surface area contributed by atoms with Crippen LogP contribution in [0.1, 0.15) is 48.6 Å². The molecule has 184 valence electrons. The van der Waals surface area contributed by atoms with Crippen molar-refractivity contribution in [1.82, 2.24) is 34.4 Å². The van der Waals surface area contributed by atoms with Crippen LogP contribution in [0, 0.1) is 19.8 Å². The molecule has 8 heteroatoms. The van der Waals surface area contributed by atoms with Crippen LogP contribution in [0.2, 0.25) is 0 Å². The van der Waals surface area contributed by atoms with Gasteiger partial charge in [-0.25, -0.2) is 9.50 Å². The van der Waals surface area contributed by atoms with Gasteiger partial charge in [-0.1, -0.05) is 13.8 Å². The number of nitrogens with one attached hydrogen (secondary N) is 1. The molecule has 0 aliphatic carbocycles. The lowest BCUT2D eigenvalue weighted by Crippen LogP contribution is -2.52. The van der Waals surface area contributed by atoms with Crippen molar-refractivity contribution in [3.05, 3.63) is 47.0 Å². The lowest BCUT2D eigenvalue weighted by atomic mass is 9.93. The zero-order chi connectivity index (χ0) is 24.9. The molecule has 4 aromatic heterocycles. The van der Waals surface area contributed by atoms with Crippen LogP contribution < -0.4 is 0 Å². The summed E-state index contributed by atoms with van der Waals surface area (Å²) in [7, 11) is 3.87. The molecular formula is C27H35N7O. The average Bonchev–Trinajstić information content (AvgIpc) is 3.38. The molecule has 0 saturated carbocycles. The Hall–Kier alpha value is -3.26. The molecule has 0 atom stereocenters. The van der Waals surface area contributed by atoms with Gasteiger partial charge in [0.1, 0.15) is 6.33 Å². The van der Waals surface area contributed by atoms with Gasteiger partial charge < -0.3 is 14.8 Å². The number of likely N-dealkylation sites (tertiary alicyclic amines) is 1. The molecule has 0 unspecified atom stereocenters. The standard InChI is InChI=1S/C27H35N7O/c1-16(2)24-25(21-13-34-27(28-15-29-34)18(4)17(21)3)31-22-10-9-20(30-26(22)24)8-7-19-11-33(12-19)23(35)14-32(5)6/h9-10,13,15-16,19,31H,7-8,11-12,14H2,1-6H3. The Bertz CT molecular complexity index is 1390. The number of hydrogen-bond donors (Lipinski definition) is 1. The van der Waals surface area contributed by atoms with Gasteiger partial charge in [0.05, 0.1) is 23.3 Å². The number of aromatic amines is 1. The van der Waals surface area contributed by atoms with Crippen LogP contribution >= 0.6 is 0 Å². The fourth-order valence-electron chi connectivity index (χ4n) is 5.17. The number of H-pyrrole nitrogens is 1. The van der Waals surface area contributed by atoms with Crippen molar-refractivity contribution in [2.24, 2.45) is 5.92 Å². The number of likely N-dealkylation sites (N-methyl/N-ethyl adjacent to an activating group) is 1. The number of nitrogens with zero attached hydrogens (tertiary/aromatic N) is 6. The number of carbonyl (C=O) groups excluding carboxylic acids is 1. The van der Waals surface area contributed by atoms with E-state index in [-0.39, 0.29) is 5.91 Å². The van der Waals surface area contributed by atoms with Gasteiger partial charge in [0.15, 0.2) is 5.65 Å². The Labute approximate surface area is 206 Å². The van der Waals surface area contributed by atoms with E-state index in [1.54, 1.807) is 6.33 Å². The fraction of sp³-hybridized carbons (Fsp3) is 0.481. The van der Waals surface area contributed by atoms with Gasteiger partial charge in [-0.05, 0) is 75.9 Å². The second-order valence-corrected chi connectivity index (χ2v) is 10.5. The number of carbonyl (C=O) groups is 1. The smallest absolute Gasteiger partial charge is 0.236 e. The third-order valence-corrected chi connectivity index (χ3v) is 7.28. The summed E-state index contributed by atoms with van der Waals surface area (Å²) in [5.41, 5.74) is 9.97. The number of aryl methyl sites for hydroxylation is 2. The van der Waals surface area contributed by atoms with Crippen LogP contribution in [-0.2, 0) is 11.2 Å². The molecule has 35 heavy (non-hydrogen) atoms. The summed E-state index contributed by atoms with van der Waals surface area (Å²) in [5.74, 6) is 1.10. The van der Waals surface area contributed by atoms with Gasteiger partial charge in [0.25, 0.3) is 0 Å². The normalized spacial score (nSPS) is 14.6. The van der Waals surface area contributed by atoms with E-state index in [4.69, 9.17) is 4.98 Å². The lowest BCUT2D eigenvalue weighted by molar-refractivity contribution is -0.138. The summed E-state index contributed by atoms with van der Waals surface area (Å²) in [6.45, 7) is 10.9. The van der Waals surface area contributed by atoms with Crippen molar-refractivity contribution >= 4 is 22.6 Å². The summed E-state index contributed by atoms with van der Waals surface area (Å²) in [4.78, 5) is 29.3. The van der Waals surface area contributed by atoms with Crippen LogP contribution in [0.4, 0.5) is 0 Å². The molecule has 1 aliphatic rings. The Morgan fingerprint density at radius 1 is 1.20 bits per heavy atom. The zero-order valence-corrected chi connectivity index (χ0v) is 21.6. The average molecular weight is 474 g/mol. The van der Waals surface area contributed by atoms with Crippen molar-refractivity contribution in [2.45, 2.75) is 46.5 Å². The van der Waals surface area contributed by atoms with E-state index >= 15 is 0 Å². The van der Waals surface area contributed by atoms with Crippen molar-refractivity contribution < 1.29 is 4.79 Å². The Kier molecular flexibility index (Phi) is 6.09. The number of aromatic nitrogens is 5. The van der Waals surface area contributed by atoms with Crippen molar-refractivity contribution in [2.75, 3.05) is 33.7 Å². The first kappa shape index (κ1) is 23.5. The molecule has 1 aliphatic heterocycles. The molecule has 0 radical (unpaired) electrons. The van der Waals surface area contributed by atoms with E-state index < -0.39 is 0 Å². The molecular weight excluding hydrogens is 438 g/mol. The molecule has 1 saturated heterocycles. The monoisotopic (exact) mass is 473 g/mol. The van der Waals surface area contributed by atoms with Gasteiger partial charge in [-0.15, -0.1) is 0 Å². The molecule has 1 N–H and O–H groups in total. The highest BCUT2D eigenvalue weighted by atomic mass is 16.2. The minimum atomic E-state index is 0.224. The zero-order valence-electron chi connectivity index (χ0n) is 21.6. The minimum absolute atomic E-state index is 0.224. The molecule has 0 spiro atoms. The highest BCUT2D eigenvalue weighted by Crippen LogP contribution is 2.37. The first-order chi connectivity index (χ1) is 16.7. The van der Waals surface area contributed by atoms with Gasteiger partial charge in [0.2, 0.25) is 5.91 Å². The van der Waals surface area contributed by atoms with Gasteiger partial charge in [-0.2, -0.15) is 5.10 Å². The van der Waals surface area contributed by atoms with Crippen LogP contribution in [0.25, 0.3) is 27.9 Å². The quantitative estimate of drug-likeness (QED) is 0.439. The fourth-order valence-corrected chi connectivity index (χ4v) is 5.17. The largest absolute Gasteiger partial charge is 0.353 e. The van der Waals surface area contributed by atoms with Crippen LogP contribution in [-0.4, -0.2) is 74.0 Å². The maximum absolute atomic E-state index is 12.2. The lowest BCUT2D eigenvalue weighted by Gasteiger charge is -2.40. The summed E-state index contributed by atoms with van der Waals surface area (Å²) in [5, 5.41) is 4.38. The molecule has 5 heterocycles. The summed E-state index contributed by atoms with van der Waals surface area (Å²) in [6.07, 6.45) is 5.66. The second kappa shape index (κ2) is 9.07. The minimum Gasteiger partial charge on any atom is -0.353 e. The third-order valence-electron chi connectivity index (χ3n) is 7.28. The van der Waals surface area contributed by atoms with Crippen molar-refractivity contribution in [3.63, 3.8) is 0 Å². The summed E-state index contributed by atoms with van der Waals surface area (Å²) in [6, 6.07) is 4.30. The second-order valence-electron chi connectivity index (χ2n) is 10.5. The summed E-state index contributed by atoms with van der Waals surface area (Å²) < 4.78 is 1.86. The molecule has 0 bridgehead atoms. The number of rotatable bonds is 7. The summed E-state index contributed by atoms with van der Waals surface area (Å²) >= 11 is 0. The van der Waals surface area contributed by atoms with E-state index in [1.807, 2.05) is 28.4 Å². The Morgan fingerprint density at radius 2 is 1.97 bits per heavy atom. The molecule has 0 aromatic carbocycles. The number of fused-ring (bicyclic) bond motifs is 2. The molecule has 5 rings (SSSR count). The van der Waals surface area contributed by atoms with Crippen LogP contribution in [0.15, 0.2) is 24.7 Å². The molecule has 1 amide bonds. The third kappa shape index (κ3) is 4.31. The van der Waals surface area contributed by atoms with Crippen LogP contribution in [0.3, 0.4) is 0 Å². The van der Waals surface area contributed by atoms with Gasteiger partial charge >= 0.3 is 0 Å². The maximum atomic E-state index is 12.2. The van der Waals surface area contributed by atoms with E-state index in [0.29, 0.717) is 18.4 Å². The van der Waals surface area contributed by atoms with E-state index in [0.717, 1.165) is 65.1 Å². The first-order valence-electron chi connectivity index (χ1n) is 12.5. The number of pyridine rings is 2. The van der Waals surface area contributed by atoms with E-state index in [9.17, 15) is 4.79 Å². The van der Waals surface area contributed by atoms with Crippen molar-refractivity contribution in [3.8, 4) is 11.3 Å². The van der Waals surface area contributed by atoms with E-state index in [2.05, 4.69) is 61.1 Å². The van der Waals surface area contributed by atoms with Crippen molar-refractivity contribution in [1.29, 1.82) is 0 Å². The molecule has 4 aromatic rings. The topological polar surface area (TPSA) is 82.4 Å².